The number of hydrogen-bond acceptors (Lipinski definition) is 7. The fraction of sp³-hybridized carbons (Fsp3) is 0.364. The molecule has 0 saturated carbocycles. The molecule has 3 aromatic rings. The Balaban J connectivity index is 1.13. The quantitative estimate of drug-likeness (QED) is 0.358. The zero-order valence-electron chi connectivity index (χ0n) is 24.4. The summed E-state index contributed by atoms with van der Waals surface area (Å²) in [6, 6.07) is 19.9. The molecule has 2 aliphatic heterocycles. The molecule has 2 aliphatic rings. The summed E-state index contributed by atoms with van der Waals surface area (Å²) in [5, 5.41) is 13.4. The molecule has 0 radical (unpaired) electrons. The Kier molecular flexibility index (Phi) is 8.89. The first-order chi connectivity index (χ1) is 20.2. The van der Waals surface area contributed by atoms with Crippen molar-refractivity contribution in [3.8, 4) is 5.75 Å². The van der Waals surface area contributed by atoms with Crippen molar-refractivity contribution >= 4 is 29.1 Å². The van der Waals surface area contributed by atoms with Crippen molar-refractivity contribution in [1.29, 1.82) is 0 Å². The highest BCUT2D eigenvalue weighted by atomic mass is 16.5. The lowest BCUT2D eigenvalue weighted by Crippen LogP contribution is -2.50. The fourth-order valence-corrected chi connectivity index (χ4v) is 5.42. The van der Waals surface area contributed by atoms with Crippen molar-refractivity contribution in [2.75, 3.05) is 49.1 Å². The van der Waals surface area contributed by atoms with Crippen LogP contribution in [0.1, 0.15) is 57.4 Å². The number of aliphatic hydroxyl groups excluding tert-OH is 1. The minimum absolute atomic E-state index is 0.0734. The van der Waals surface area contributed by atoms with E-state index in [4.69, 9.17) is 4.74 Å². The zero-order valence-corrected chi connectivity index (χ0v) is 24.4. The first kappa shape index (κ1) is 29.3. The minimum atomic E-state index is -0.753. The number of nitrogens with one attached hydrogen (secondary N) is 1. The van der Waals surface area contributed by atoms with Crippen LogP contribution in [0.3, 0.4) is 0 Å². The molecule has 1 atom stereocenters. The van der Waals surface area contributed by atoms with E-state index in [9.17, 15) is 19.5 Å². The second-order valence-corrected chi connectivity index (χ2v) is 11.0. The van der Waals surface area contributed by atoms with Gasteiger partial charge in [-0.2, -0.15) is 0 Å². The van der Waals surface area contributed by atoms with Gasteiger partial charge in [-0.15, -0.1) is 0 Å². The lowest BCUT2D eigenvalue weighted by molar-refractivity contribution is 0.0851. The highest BCUT2D eigenvalue weighted by Gasteiger charge is 2.37. The van der Waals surface area contributed by atoms with Gasteiger partial charge in [-0.3, -0.25) is 19.3 Å². The van der Waals surface area contributed by atoms with Crippen LogP contribution in [0.4, 0.5) is 11.4 Å². The van der Waals surface area contributed by atoms with Gasteiger partial charge in [0, 0.05) is 44.8 Å². The number of carbonyl (C=O) groups excluding carboxylic acids is 3. The van der Waals surface area contributed by atoms with E-state index in [2.05, 4.69) is 21.2 Å². The Morgan fingerprint density at radius 3 is 2.31 bits per heavy atom. The molecule has 42 heavy (non-hydrogen) atoms. The van der Waals surface area contributed by atoms with Crippen molar-refractivity contribution in [3.05, 3.63) is 89.0 Å². The van der Waals surface area contributed by atoms with E-state index in [0.717, 1.165) is 54.5 Å². The summed E-state index contributed by atoms with van der Waals surface area (Å²) in [7, 11) is 0. The number of rotatable bonds is 10. The second kappa shape index (κ2) is 12.8. The van der Waals surface area contributed by atoms with Crippen LogP contribution in [0, 0.1) is 0 Å². The molecule has 9 nitrogen and oxygen atoms in total. The van der Waals surface area contributed by atoms with Crippen molar-refractivity contribution in [1.82, 2.24) is 10.2 Å². The Labute approximate surface area is 246 Å². The number of hydrogen-bond donors (Lipinski definition) is 2. The van der Waals surface area contributed by atoms with Gasteiger partial charge in [0.15, 0.2) is 0 Å². The summed E-state index contributed by atoms with van der Waals surface area (Å²) in [5.74, 6) is -0.391. The van der Waals surface area contributed by atoms with Crippen LogP contribution in [0.15, 0.2) is 66.7 Å². The maximum Gasteiger partial charge on any atom is 0.266 e. The lowest BCUT2D eigenvalue weighted by atomic mass is 10.1. The van der Waals surface area contributed by atoms with E-state index in [1.54, 1.807) is 12.1 Å². The third-order valence-electron chi connectivity index (χ3n) is 7.66. The molecule has 1 fully saturated rings. The standard InChI is InChI=1S/C33H38N4O5/c1-4-23-9-12-25(13-10-23)37-32(40)27-14-11-24(19-28(27)33(37)41)31(39)34-20-26(38)21-35-15-17-36(18-16-35)29-7-5-6-8-30(29)42-22(2)3/h5-14,19,22,26,38H,4,15-18,20-21H2,1-3H3,(H,34,39). The molecular formula is C33H38N4O5. The first-order valence-corrected chi connectivity index (χ1v) is 14.6. The number of benzene rings is 3. The summed E-state index contributed by atoms with van der Waals surface area (Å²) in [5.41, 5.74) is 3.42. The number of β-amino-alcohol motifs (C(OH)–C–C–N with tert-alkyl or cyclic N) is 1. The van der Waals surface area contributed by atoms with E-state index < -0.39 is 23.8 Å². The number of aliphatic hydroxyl groups is 1. The summed E-state index contributed by atoms with van der Waals surface area (Å²) >= 11 is 0. The maximum absolute atomic E-state index is 13.1. The van der Waals surface area contributed by atoms with Crippen LogP contribution in [-0.4, -0.2) is 79.2 Å². The molecule has 1 saturated heterocycles. The van der Waals surface area contributed by atoms with Gasteiger partial charge in [0.1, 0.15) is 5.75 Å². The van der Waals surface area contributed by atoms with Crippen LogP contribution in [0.25, 0.3) is 0 Å². The van der Waals surface area contributed by atoms with Crippen LogP contribution in [0.2, 0.25) is 0 Å². The van der Waals surface area contributed by atoms with Crippen LogP contribution >= 0.6 is 0 Å². The van der Waals surface area contributed by atoms with Gasteiger partial charge < -0.3 is 20.1 Å². The number of amides is 3. The lowest BCUT2D eigenvalue weighted by Gasteiger charge is -2.37. The minimum Gasteiger partial charge on any atom is -0.489 e. The topological polar surface area (TPSA) is 102 Å². The number of aryl methyl sites for hydroxylation is 1. The van der Waals surface area contributed by atoms with Gasteiger partial charge in [-0.1, -0.05) is 31.2 Å². The summed E-state index contributed by atoms with van der Waals surface area (Å²) in [4.78, 5) is 44.6. The third kappa shape index (κ3) is 6.32. The van der Waals surface area contributed by atoms with E-state index in [1.807, 2.05) is 51.1 Å². The average molecular weight is 571 g/mol. The summed E-state index contributed by atoms with van der Waals surface area (Å²) < 4.78 is 5.98. The molecule has 3 amide bonds. The number of fused-ring (bicyclic) bond motifs is 1. The van der Waals surface area contributed by atoms with Gasteiger partial charge in [0.25, 0.3) is 17.7 Å². The van der Waals surface area contributed by atoms with Crippen molar-refractivity contribution in [2.45, 2.75) is 39.4 Å². The molecule has 9 heteroatoms. The summed E-state index contributed by atoms with van der Waals surface area (Å²) in [6.45, 7) is 9.74. The largest absolute Gasteiger partial charge is 0.489 e. The predicted molar refractivity (Wildman–Crippen MR) is 163 cm³/mol. The molecule has 0 bridgehead atoms. The fourth-order valence-electron chi connectivity index (χ4n) is 5.42. The Hall–Kier alpha value is -4.21. The van der Waals surface area contributed by atoms with Gasteiger partial charge in [-0.05, 0) is 68.3 Å². The molecule has 1 unspecified atom stereocenters. The molecule has 0 aliphatic carbocycles. The number of carbonyl (C=O) groups is 3. The van der Waals surface area contributed by atoms with Gasteiger partial charge in [0.2, 0.25) is 0 Å². The number of imide groups is 1. The van der Waals surface area contributed by atoms with E-state index in [0.29, 0.717) is 12.2 Å². The molecule has 3 aromatic carbocycles. The number of anilines is 2. The van der Waals surface area contributed by atoms with Crippen molar-refractivity contribution in [2.24, 2.45) is 0 Å². The van der Waals surface area contributed by atoms with Gasteiger partial charge in [-0.25, -0.2) is 4.90 Å². The monoisotopic (exact) mass is 570 g/mol. The van der Waals surface area contributed by atoms with Crippen LogP contribution in [0.5, 0.6) is 5.75 Å². The average Bonchev–Trinajstić information content (AvgIpc) is 3.25. The van der Waals surface area contributed by atoms with E-state index in [-0.39, 0.29) is 29.3 Å². The SMILES string of the molecule is CCc1ccc(N2C(=O)c3ccc(C(=O)NCC(O)CN4CCN(c5ccccc5OC(C)C)CC4)cc3C2=O)cc1. The van der Waals surface area contributed by atoms with E-state index in [1.165, 1.54) is 18.2 Å². The first-order valence-electron chi connectivity index (χ1n) is 14.6. The van der Waals surface area contributed by atoms with Crippen LogP contribution < -0.4 is 19.9 Å². The van der Waals surface area contributed by atoms with Crippen molar-refractivity contribution in [3.63, 3.8) is 0 Å². The highest BCUT2D eigenvalue weighted by molar-refractivity contribution is 6.34. The Bertz CT molecular complexity index is 1450. The number of piperazine rings is 1. The number of para-hydroxylation sites is 2. The Morgan fingerprint density at radius 1 is 0.929 bits per heavy atom. The van der Waals surface area contributed by atoms with E-state index >= 15 is 0 Å². The molecule has 0 spiro atoms. The molecule has 2 heterocycles. The van der Waals surface area contributed by atoms with Gasteiger partial charge >= 0.3 is 0 Å². The molecular weight excluding hydrogens is 532 g/mol. The number of ether oxygens (including phenoxy) is 1. The highest BCUT2D eigenvalue weighted by Crippen LogP contribution is 2.31. The van der Waals surface area contributed by atoms with Crippen LogP contribution in [-0.2, 0) is 6.42 Å². The summed E-state index contributed by atoms with van der Waals surface area (Å²) in [6.07, 6.45) is 0.197. The molecule has 5 rings (SSSR count). The molecule has 0 aromatic heterocycles. The smallest absolute Gasteiger partial charge is 0.266 e. The molecule has 2 N–H and O–H groups in total. The maximum atomic E-state index is 13.1. The third-order valence-corrected chi connectivity index (χ3v) is 7.66. The predicted octanol–water partition coefficient (Wildman–Crippen LogP) is 3.75. The Morgan fingerprint density at radius 2 is 1.62 bits per heavy atom. The zero-order chi connectivity index (χ0) is 29.8. The number of nitrogens with zero attached hydrogens (tertiary/aromatic N) is 3. The molecule has 220 valence electrons. The van der Waals surface area contributed by atoms with Gasteiger partial charge in [0.05, 0.1) is 34.7 Å². The normalized spacial score (nSPS) is 16.1. The second-order valence-electron chi connectivity index (χ2n) is 11.0. The van der Waals surface area contributed by atoms with Crippen molar-refractivity contribution < 1.29 is 24.2 Å².